The topological polar surface area (TPSA) is 77.3 Å². The van der Waals surface area contributed by atoms with E-state index in [1.807, 2.05) is 0 Å². The van der Waals surface area contributed by atoms with Crippen molar-refractivity contribution in [1.29, 1.82) is 0 Å². The Morgan fingerprint density at radius 2 is 1.30 bits per heavy atom. The Labute approximate surface area is 55.3 Å². The van der Waals surface area contributed by atoms with Crippen molar-refractivity contribution in [1.82, 2.24) is 30.6 Å². The van der Waals surface area contributed by atoms with Gasteiger partial charge in [-0.2, -0.15) is 0 Å². The smallest absolute Gasteiger partial charge is 0.223 e. The van der Waals surface area contributed by atoms with Crippen LogP contribution in [0.1, 0.15) is 0 Å². The van der Waals surface area contributed by atoms with Crippen LogP contribution in [0.25, 0.3) is 11.3 Å². The van der Waals surface area contributed by atoms with Crippen LogP contribution in [-0.2, 0) is 0 Å². The minimum absolute atomic E-state index is 0.414. The predicted molar refractivity (Wildman–Crippen MR) is 30.7 cm³/mol. The van der Waals surface area contributed by atoms with E-state index in [9.17, 15) is 0 Å². The maximum Gasteiger partial charge on any atom is 0.223 e. The largest absolute Gasteiger partial charge is 0.231 e. The first-order valence-corrected chi connectivity index (χ1v) is 2.59. The molecule has 0 atom stereocenters. The molecule has 0 amide bonds. The highest BCUT2D eigenvalue weighted by Crippen LogP contribution is 1.93. The van der Waals surface area contributed by atoms with Crippen molar-refractivity contribution in [3.05, 3.63) is 12.4 Å². The Morgan fingerprint density at radius 3 is 1.80 bits per heavy atom. The van der Waals surface area contributed by atoms with Crippen LogP contribution in [0.2, 0.25) is 0 Å². The van der Waals surface area contributed by atoms with Gasteiger partial charge in [-0.15, -0.1) is 10.2 Å². The molecule has 10 heavy (non-hydrogen) atoms. The van der Waals surface area contributed by atoms with E-state index in [2.05, 4.69) is 30.6 Å². The lowest BCUT2D eigenvalue weighted by atomic mass is 10.7. The molecule has 0 aromatic carbocycles. The van der Waals surface area contributed by atoms with E-state index in [4.69, 9.17) is 0 Å². The zero-order chi connectivity index (χ0) is 6.81. The minimum atomic E-state index is 0.414. The molecule has 2 rings (SSSR count). The molecule has 0 fully saturated rings. The van der Waals surface area contributed by atoms with Gasteiger partial charge in [-0.05, 0) is 10.4 Å². The van der Waals surface area contributed by atoms with Crippen molar-refractivity contribution in [2.75, 3.05) is 0 Å². The summed E-state index contributed by atoms with van der Waals surface area (Å²) in [4.78, 5) is 7.69. The van der Waals surface area contributed by atoms with Crippen LogP contribution in [-0.4, -0.2) is 30.6 Å². The molecule has 0 aliphatic heterocycles. The average Bonchev–Trinajstić information content (AvgIpc) is 2.05. The van der Waals surface area contributed by atoms with Crippen molar-refractivity contribution in [3.8, 4) is 0 Å². The Bertz CT molecular complexity index is 281. The second-order valence-electron chi connectivity index (χ2n) is 1.58. The molecule has 0 bridgehead atoms. The summed E-state index contributed by atoms with van der Waals surface area (Å²) >= 11 is 0. The fraction of sp³-hybridized carbons (Fsp3) is 0. The van der Waals surface area contributed by atoms with Crippen molar-refractivity contribution in [2.24, 2.45) is 0 Å². The number of hydrogen-bond donors (Lipinski definition) is 0. The zero-order valence-corrected chi connectivity index (χ0v) is 4.84. The number of fused-ring (bicyclic) bond motifs is 1. The van der Waals surface area contributed by atoms with Crippen molar-refractivity contribution in [2.45, 2.75) is 0 Å². The fourth-order valence-electron chi connectivity index (χ4n) is 0.589. The van der Waals surface area contributed by atoms with Crippen molar-refractivity contribution >= 4 is 11.3 Å². The summed E-state index contributed by atoms with van der Waals surface area (Å²) in [6.07, 6.45) is 3.05. The minimum Gasteiger partial charge on any atom is -0.231 e. The summed E-state index contributed by atoms with van der Waals surface area (Å²) in [5.74, 6) is 0. The van der Waals surface area contributed by atoms with E-state index in [0.717, 1.165) is 0 Å². The van der Waals surface area contributed by atoms with Crippen LogP contribution < -0.4 is 0 Å². The summed E-state index contributed by atoms with van der Waals surface area (Å²) in [6.45, 7) is 0. The lowest BCUT2D eigenvalue weighted by Crippen LogP contribution is -1.95. The van der Waals surface area contributed by atoms with Gasteiger partial charge in [0, 0.05) is 12.4 Å². The summed E-state index contributed by atoms with van der Waals surface area (Å²) < 4.78 is 0. The molecule has 2 heterocycles. The standard InChI is InChI=1S/C4H2N6/c1-2-6-4-3(5-1)7-9-10-8-4/h1-2H. The van der Waals surface area contributed by atoms with Gasteiger partial charge in [0.1, 0.15) is 0 Å². The quantitative estimate of drug-likeness (QED) is 0.469. The molecule has 0 aliphatic carbocycles. The first kappa shape index (κ1) is 5.10. The van der Waals surface area contributed by atoms with Gasteiger partial charge >= 0.3 is 0 Å². The molecule has 6 nitrogen and oxygen atoms in total. The first-order chi connectivity index (χ1) is 4.97. The molecule has 0 saturated heterocycles. The van der Waals surface area contributed by atoms with Crippen LogP contribution >= 0.6 is 0 Å². The molecular formula is C4H2N6. The third kappa shape index (κ3) is 0.661. The van der Waals surface area contributed by atoms with Crippen LogP contribution in [0.15, 0.2) is 12.4 Å². The van der Waals surface area contributed by atoms with Gasteiger partial charge in [0.05, 0.1) is 0 Å². The third-order valence-electron chi connectivity index (χ3n) is 0.979. The summed E-state index contributed by atoms with van der Waals surface area (Å²) in [6, 6.07) is 0. The number of hydrogen-bond acceptors (Lipinski definition) is 6. The van der Waals surface area contributed by atoms with E-state index >= 15 is 0 Å². The van der Waals surface area contributed by atoms with Gasteiger partial charge in [-0.3, -0.25) is 0 Å². The van der Waals surface area contributed by atoms with E-state index < -0.39 is 0 Å². The Hall–Kier alpha value is -1.72. The molecule has 0 saturated carbocycles. The monoisotopic (exact) mass is 134 g/mol. The summed E-state index contributed by atoms with van der Waals surface area (Å²) in [7, 11) is 0. The fourth-order valence-corrected chi connectivity index (χ4v) is 0.589. The number of nitrogens with zero attached hydrogens (tertiary/aromatic N) is 6. The van der Waals surface area contributed by atoms with Gasteiger partial charge in [0.2, 0.25) is 11.3 Å². The molecule has 2 aromatic heterocycles. The zero-order valence-electron chi connectivity index (χ0n) is 4.84. The van der Waals surface area contributed by atoms with Gasteiger partial charge in [0.15, 0.2) is 0 Å². The molecule has 48 valence electrons. The SMILES string of the molecule is c1cnc2nnnnc2n1. The molecular weight excluding hydrogens is 132 g/mol. The maximum atomic E-state index is 3.84. The normalized spacial score (nSPS) is 10.0. The van der Waals surface area contributed by atoms with Crippen molar-refractivity contribution < 1.29 is 0 Å². The molecule has 2 aromatic rings. The number of rotatable bonds is 0. The highest BCUT2D eigenvalue weighted by atomic mass is 15.4. The van der Waals surface area contributed by atoms with E-state index in [0.29, 0.717) is 11.3 Å². The summed E-state index contributed by atoms with van der Waals surface area (Å²) in [5.41, 5.74) is 0.829. The van der Waals surface area contributed by atoms with Crippen LogP contribution in [0.3, 0.4) is 0 Å². The Kier molecular flexibility index (Phi) is 0.970. The first-order valence-electron chi connectivity index (χ1n) is 2.59. The Morgan fingerprint density at radius 1 is 0.800 bits per heavy atom. The molecule has 6 heteroatoms. The molecule has 0 spiro atoms. The lowest BCUT2D eigenvalue weighted by Gasteiger charge is -1.86. The van der Waals surface area contributed by atoms with Crippen molar-refractivity contribution in [3.63, 3.8) is 0 Å². The maximum absolute atomic E-state index is 3.84. The van der Waals surface area contributed by atoms with Gasteiger partial charge in [-0.25, -0.2) is 9.97 Å². The van der Waals surface area contributed by atoms with Crippen LogP contribution in [0.4, 0.5) is 0 Å². The highest BCUT2D eigenvalue weighted by Gasteiger charge is 1.94. The molecule has 0 N–H and O–H groups in total. The van der Waals surface area contributed by atoms with Crippen LogP contribution in [0, 0.1) is 0 Å². The van der Waals surface area contributed by atoms with E-state index in [1.54, 1.807) is 0 Å². The van der Waals surface area contributed by atoms with Gasteiger partial charge in [-0.1, -0.05) is 0 Å². The van der Waals surface area contributed by atoms with E-state index in [-0.39, 0.29) is 0 Å². The second kappa shape index (κ2) is 1.90. The molecule has 0 unspecified atom stereocenters. The molecule has 0 radical (unpaired) electrons. The summed E-state index contributed by atoms with van der Waals surface area (Å²) in [5, 5.41) is 13.8. The third-order valence-corrected chi connectivity index (χ3v) is 0.979. The lowest BCUT2D eigenvalue weighted by molar-refractivity contribution is 0.782. The second-order valence-corrected chi connectivity index (χ2v) is 1.58. The van der Waals surface area contributed by atoms with Crippen LogP contribution in [0.5, 0.6) is 0 Å². The predicted octanol–water partition coefficient (Wildman–Crippen LogP) is -0.790. The van der Waals surface area contributed by atoms with Gasteiger partial charge in [0.25, 0.3) is 0 Å². The van der Waals surface area contributed by atoms with E-state index in [1.165, 1.54) is 12.4 Å². The number of aromatic nitrogens is 6. The average molecular weight is 134 g/mol. The Balaban J connectivity index is 2.89. The molecule has 0 aliphatic rings. The highest BCUT2D eigenvalue weighted by molar-refractivity contribution is 5.60. The van der Waals surface area contributed by atoms with Gasteiger partial charge < -0.3 is 0 Å².